The number of carbonyl (C=O) groups is 1. The van der Waals surface area contributed by atoms with E-state index in [1.807, 2.05) is 0 Å². The normalized spacial score (nSPS) is 23.1. The van der Waals surface area contributed by atoms with Gasteiger partial charge in [-0.15, -0.1) is 0 Å². The number of rotatable bonds is 3. The first kappa shape index (κ1) is 13.9. The van der Waals surface area contributed by atoms with Gasteiger partial charge in [0, 0.05) is 17.7 Å². The van der Waals surface area contributed by atoms with E-state index >= 15 is 0 Å². The molecule has 19 heavy (non-hydrogen) atoms. The molecule has 0 bridgehead atoms. The monoisotopic (exact) mass is 269 g/mol. The van der Waals surface area contributed by atoms with Gasteiger partial charge in [-0.2, -0.15) is 0 Å². The summed E-state index contributed by atoms with van der Waals surface area (Å²) < 4.78 is 25.8. The van der Waals surface area contributed by atoms with Crippen LogP contribution < -0.4 is 10.2 Å². The zero-order valence-electron chi connectivity index (χ0n) is 11.0. The van der Waals surface area contributed by atoms with Crippen molar-refractivity contribution in [2.24, 2.45) is 5.92 Å². The summed E-state index contributed by atoms with van der Waals surface area (Å²) in [7, 11) is 0. The van der Waals surface area contributed by atoms with Gasteiger partial charge in [-0.1, -0.05) is 6.92 Å². The van der Waals surface area contributed by atoms with E-state index in [1.165, 1.54) is 17.4 Å². The first-order chi connectivity index (χ1) is 9.04. The zero-order chi connectivity index (χ0) is 13.8. The van der Waals surface area contributed by atoms with Gasteiger partial charge in [-0.3, -0.25) is 4.79 Å². The van der Waals surface area contributed by atoms with Gasteiger partial charge in [0.15, 0.2) is 18.2 Å². The predicted molar refractivity (Wildman–Crippen MR) is 68.9 cm³/mol. The summed E-state index contributed by atoms with van der Waals surface area (Å²) in [6.07, 6.45) is 2.35. The van der Waals surface area contributed by atoms with Crippen molar-refractivity contribution < 1.29 is 18.5 Å². The number of carbonyl (C=O) groups excluding carboxylic acids is 1. The van der Waals surface area contributed by atoms with E-state index in [4.69, 9.17) is 0 Å². The molecule has 1 unspecified atom stereocenters. The Balaban J connectivity index is 1.88. The molecule has 1 aliphatic heterocycles. The van der Waals surface area contributed by atoms with Crippen molar-refractivity contribution in [3.8, 4) is 0 Å². The lowest BCUT2D eigenvalue weighted by Crippen LogP contribution is -3.14. The van der Waals surface area contributed by atoms with E-state index in [0.717, 1.165) is 31.6 Å². The van der Waals surface area contributed by atoms with Crippen LogP contribution in [0.4, 0.5) is 14.5 Å². The van der Waals surface area contributed by atoms with Crippen molar-refractivity contribution >= 4 is 11.6 Å². The van der Waals surface area contributed by atoms with Gasteiger partial charge in [0.1, 0.15) is 0 Å². The van der Waals surface area contributed by atoms with Crippen LogP contribution in [0.5, 0.6) is 0 Å². The average Bonchev–Trinajstić information content (AvgIpc) is 2.34. The fourth-order valence-corrected chi connectivity index (χ4v) is 2.56. The third-order valence-corrected chi connectivity index (χ3v) is 3.48. The minimum Gasteiger partial charge on any atom is -0.327 e. The Labute approximate surface area is 111 Å². The van der Waals surface area contributed by atoms with Crippen LogP contribution in [0.25, 0.3) is 0 Å². The van der Waals surface area contributed by atoms with E-state index in [9.17, 15) is 13.6 Å². The minimum atomic E-state index is -0.947. The Morgan fingerprint density at radius 3 is 2.89 bits per heavy atom. The van der Waals surface area contributed by atoms with Crippen molar-refractivity contribution in [2.45, 2.75) is 19.8 Å². The number of halogens is 2. The highest BCUT2D eigenvalue weighted by atomic mass is 19.2. The molecule has 2 atom stereocenters. The molecule has 104 valence electrons. The molecule has 0 radical (unpaired) electrons. The molecule has 0 aromatic heterocycles. The molecule has 0 spiro atoms. The molecular weight excluding hydrogens is 250 g/mol. The molecule has 5 heteroatoms. The van der Waals surface area contributed by atoms with E-state index in [2.05, 4.69) is 12.2 Å². The van der Waals surface area contributed by atoms with Crippen LogP contribution in [0, 0.1) is 17.6 Å². The summed E-state index contributed by atoms with van der Waals surface area (Å²) in [5, 5.41) is 2.61. The van der Waals surface area contributed by atoms with Crippen LogP contribution in [-0.2, 0) is 4.79 Å². The first-order valence-electron chi connectivity index (χ1n) is 6.63. The van der Waals surface area contributed by atoms with Gasteiger partial charge >= 0.3 is 0 Å². The number of hydrogen-bond acceptors (Lipinski definition) is 1. The summed E-state index contributed by atoms with van der Waals surface area (Å²) in [4.78, 5) is 13.1. The van der Waals surface area contributed by atoms with Crippen LogP contribution in [0.1, 0.15) is 19.8 Å². The van der Waals surface area contributed by atoms with Crippen molar-refractivity contribution in [1.29, 1.82) is 0 Å². The number of nitrogens with one attached hydrogen (secondary N) is 2. The van der Waals surface area contributed by atoms with Gasteiger partial charge in [0.25, 0.3) is 5.91 Å². The van der Waals surface area contributed by atoms with Crippen molar-refractivity contribution in [2.75, 3.05) is 25.0 Å². The van der Waals surface area contributed by atoms with Crippen molar-refractivity contribution in [3.63, 3.8) is 0 Å². The molecule has 0 aliphatic carbocycles. The Morgan fingerprint density at radius 1 is 1.42 bits per heavy atom. The maximum Gasteiger partial charge on any atom is 0.279 e. The number of quaternary nitrogens is 1. The van der Waals surface area contributed by atoms with Crippen LogP contribution in [0.15, 0.2) is 18.2 Å². The molecule has 1 amide bonds. The van der Waals surface area contributed by atoms with E-state index in [-0.39, 0.29) is 5.91 Å². The zero-order valence-corrected chi connectivity index (χ0v) is 11.0. The second kappa shape index (κ2) is 6.10. The number of anilines is 1. The molecular formula is C14H19F2N2O+. The van der Waals surface area contributed by atoms with Gasteiger partial charge in [0.05, 0.1) is 13.1 Å². The van der Waals surface area contributed by atoms with E-state index < -0.39 is 11.6 Å². The lowest BCUT2D eigenvalue weighted by atomic mass is 10.0. The van der Waals surface area contributed by atoms with Gasteiger partial charge in [-0.25, -0.2) is 8.78 Å². The number of hydrogen-bond donors (Lipinski definition) is 2. The number of piperidine rings is 1. The molecule has 2 N–H and O–H groups in total. The Kier molecular flexibility index (Phi) is 4.47. The highest BCUT2D eigenvalue weighted by Gasteiger charge is 2.22. The molecule has 1 aromatic rings. The smallest absolute Gasteiger partial charge is 0.279 e. The highest BCUT2D eigenvalue weighted by molar-refractivity contribution is 5.91. The molecule has 1 saturated heterocycles. The Bertz CT molecular complexity index is 465. The molecule has 1 heterocycles. The lowest BCUT2D eigenvalue weighted by Gasteiger charge is -2.27. The van der Waals surface area contributed by atoms with Crippen LogP contribution in [-0.4, -0.2) is 25.5 Å². The molecule has 3 nitrogen and oxygen atoms in total. The SMILES string of the molecule is C[C@@H]1CCC[NH+](CC(=O)Nc2ccc(F)c(F)c2)C1. The van der Waals surface area contributed by atoms with Crippen LogP contribution in [0.3, 0.4) is 0 Å². The second-order valence-corrected chi connectivity index (χ2v) is 5.31. The van der Waals surface area contributed by atoms with Gasteiger partial charge < -0.3 is 10.2 Å². The number of likely N-dealkylation sites (tertiary alicyclic amines) is 1. The predicted octanol–water partition coefficient (Wildman–Crippen LogP) is 1.22. The topological polar surface area (TPSA) is 33.5 Å². The largest absolute Gasteiger partial charge is 0.327 e. The maximum absolute atomic E-state index is 13.0. The molecule has 1 aliphatic rings. The molecule has 1 aromatic carbocycles. The number of amides is 1. The highest BCUT2D eigenvalue weighted by Crippen LogP contribution is 2.12. The molecule has 1 fully saturated rings. The van der Waals surface area contributed by atoms with E-state index in [0.29, 0.717) is 18.2 Å². The minimum absolute atomic E-state index is 0.157. The van der Waals surface area contributed by atoms with Crippen LogP contribution >= 0.6 is 0 Å². The van der Waals surface area contributed by atoms with Crippen molar-refractivity contribution in [1.82, 2.24) is 0 Å². The van der Waals surface area contributed by atoms with Crippen LogP contribution in [0.2, 0.25) is 0 Å². The summed E-state index contributed by atoms with van der Waals surface area (Å²) in [5.41, 5.74) is 0.299. The number of benzene rings is 1. The van der Waals surface area contributed by atoms with Gasteiger partial charge in [0.2, 0.25) is 0 Å². The molecule has 0 saturated carbocycles. The summed E-state index contributed by atoms with van der Waals surface area (Å²) in [6.45, 7) is 4.55. The Morgan fingerprint density at radius 2 is 2.21 bits per heavy atom. The molecule has 2 rings (SSSR count). The van der Waals surface area contributed by atoms with E-state index in [1.54, 1.807) is 0 Å². The van der Waals surface area contributed by atoms with Crippen molar-refractivity contribution in [3.05, 3.63) is 29.8 Å². The average molecular weight is 269 g/mol. The fraction of sp³-hybridized carbons (Fsp3) is 0.500. The first-order valence-corrected chi connectivity index (χ1v) is 6.63. The van der Waals surface area contributed by atoms with Gasteiger partial charge in [-0.05, 0) is 25.0 Å². The fourth-order valence-electron chi connectivity index (χ4n) is 2.56. The third kappa shape index (κ3) is 3.99. The quantitative estimate of drug-likeness (QED) is 0.850. The summed E-state index contributed by atoms with van der Waals surface area (Å²) in [6, 6.07) is 3.38. The second-order valence-electron chi connectivity index (χ2n) is 5.31. The lowest BCUT2D eigenvalue weighted by molar-refractivity contribution is -0.900. The maximum atomic E-state index is 13.0. The summed E-state index contributed by atoms with van der Waals surface area (Å²) in [5.74, 6) is -1.37. The third-order valence-electron chi connectivity index (χ3n) is 3.48. The summed E-state index contributed by atoms with van der Waals surface area (Å²) >= 11 is 0. The Hall–Kier alpha value is -1.49. The standard InChI is InChI=1S/C14H18F2N2O/c1-10-3-2-6-18(8-10)9-14(19)17-11-4-5-12(15)13(16)7-11/h4-5,7,10H,2-3,6,8-9H2,1H3,(H,17,19)/p+1/t10-/m1/s1.